The number of isocyanates is 1. The van der Waals surface area contributed by atoms with Gasteiger partial charge in [-0.05, 0) is 43.4 Å². The first kappa shape index (κ1) is 18.9. The number of ether oxygens (including phenoxy) is 1. The molecule has 2 aromatic carbocycles. The fourth-order valence-electron chi connectivity index (χ4n) is 3.89. The van der Waals surface area contributed by atoms with Crippen LogP contribution in [-0.2, 0) is 10.2 Å². The Morgan fingerprint density at radius 1 is 1.15 bits per heavy atom. The van der Waals surface area contributed by atoms with Gasteiger partial charge in [-0.1, -0.05) is 42.5 Å². The molecule has 1 aliphatic rings. The Labute approximate surface area is 159 Å². The summed E-state index contributed by atoms with van der Waals surface area (Å²) in [6.45, 7) is 0.533. The molecule has 0 spiro atoms. The van der Waals surface area contributed by atoms with Crippen molar-refractivity contribution >= 4 is 12.0 Å². The first-order valence-electron chi connectivity index (χ1n) is 9.22. The highest BCUT2D eigenvalue weighted by molar-refractivity contribution is 5.96. The Balaban J connectivity index is 1.79. The molecule has 5 nitrogen and oxygen atoms in total. The molecule has 0 atom stereocenters. The number of carbonyl (C=O) groups excluding carboxylic acids is 2. The van der Waals surface area contributed by atoms with E-state index in [4.69, 9.17) is 4.74 Å². The van der Waals surface area contributed by atoms with Crippen molar-refractivity contribution in [1.82, 2.24) is 5.32 Å². The lowest BCUT2D eigenvalue weighted by Gasteiger charge is -2.39. The maximum Gasteiger partial charge on any atom is 0.255 e. The zero-order valence-corrected chi connectivity index (χ0v) is 15.5. The molecule has 0 unspecified atom stereocenters. The molecule has 3 rings (SSSR count). The van der Waals surface area contributed by atoms with E-state index in [0.29, 0.717) is 17.9 Å². The Bertz CT molecular complexity index is 820. The second-order valence-electron chi connectivity index (χ2n) is 6.98. The van der Waals surface area contributed by atoms with Gasteiger partial charge in [0.25, 0.3) is 5.91 Å². The van der Waals surface area contributed by atoms with Gasteiger partial charge in [0.1, 0.15) is 5.75 Å². The van der Waals surface area contributed by atoms with E-state index in [1.165, 1.54) is 5.56 Å². The molecule has 1 fully saturated rings. The SMILES string of the molecule is COc1ccccc1C(=O)NC[C@]1(c2ccccc2)CC[C@H](N=C=O)CC1. The Morgan fingerprint density at radius 2 is 1.81 bits per heavy atom. The van der Waals surface area contributed by atoms with Crippen LogP contribution in [0.2, 0.25) is 0 Å². The molecule has 0 aliphatic heterocycles. The van der Waals surface area contributed by atoms with E-state index in [9.17, 15) is 9.59 Å². The quantitative estimate of drug-likeness (QED) is 0.628. The number of nitrogens with zero attached hydrogens (tertiary/aromatic N) is 1. The average Bonchev–Trinajstić information content (AvgIpc) is 2.74. The van der Waals surface area contributed by atoms with Crippen LogP contribution in [0.15, 0.2) is 59.6 Å². The summed E-state index contributed by atoms with van der Waals surface area (Å²) >= 11 is 0. The largest absolute Gasteiger partial charge is 0.496 e. The lowest BCUT2D eigenvalue weighted by molar-refractivity contribution is 0.0932. The summed E-state index contributed by atoms with van der Waals surface area (Å²) in [5, 5.41) is 3.10. The van der Waals surface area contributed by atoms with Crippen LogP contribution in [0.3, 0.4) is 0 Å². The summed E-state index contributed by atoms with van der Waals surface area (Å²) in [6.07, 6.45) is 5.03. The molecule has 5 heteroatoms. The zero-order valence-electron chi connectivity index (χ0n) is 15.5. The van der Waals surface area contributed by atoms with Crippen molar-refractivity contribution in [1.29, 1.82) is 0 Å². The first-order chi connectivity index (χ1) is 13.2. The van der Waals surface area contributed by atoms with Crippen molar-refractivity contribution in [2.75, 3.05) is 13.7 Å². The second kappa shape index (κ2) is 8.65. The molecule has 1 aliphatic carbocycles. The number of nitrogens with one attached hydrogen (secondary N) is 1. The number of aliphatic imine (C=N–C) groups is 1. The number of methoxy groups -OCH3 is 1. The van der Waals surface area contributed by atoms with Gasteiger partial charge in [0.15, 0.2) is 0 Å². The first-order valence-corrected chi connectivity index (χ1v) is 9.22. The average molecular weight is 364 g/mol. The molecule has 2 aromatic rings. The summed E-state index contributed by atoms with van der Waals surface area (Å²) < 4.78 is 5.30. The minimum absolute atomic E-state index is 0.0317. The summed E-state index contributed by atoms with van der Waals surface area (Å²) in [7, 11) is 1.56. The van der Waals surface area contributed by atoms with E-state index in [1.54, 1.807) is 25.3 Å². The number of para-hydroxylation sites is 1. The van der Waals surface area contributed by atoms with Gasteiger partial charge >= 0.3 is 0 Å². The Kier molecular flexibility index (Phi) is 6.05. The Morgan fingerprint density at radius 3 is 2.48 bits per heavy atom. The van der Waals surface area contributed by atoms with Crippen LogP contribution in [-0.4, -0.2) is 31.7 Å². The summed E-state index contributed by atoms with van der Waals surface area (Å²) in [5.74, 6) is 0.420. The van der Waals surface area contributed by atoms with E-state index >= 15 is 0 Å². The number of rotatable bonds is 6. The van der Waals surface area contributed by atoms with Crippen LogP contribution in [0.1, 0.15) is 41.6 Å². The van der Waals surface area contributed by atoms with Crippen molar-refractivity contribution in [2.24, 2.45) is 4.99 Å². The highest BCUT2D eigenvalue weighted by atomic mass is 16.5. The van der Waals surface area contributed by atoms with Crippen molar-refractivity contribution < 1.29 is 14.3 Å². The van der Waals surface area contributed by atoms with Crippen LogP contribution >= 0.6 is 0 Å². The standard InChI is InChI=1S/C22H24N2O3/c1-27-20-10-6-5-9-19(20)21(26)23-15-22(17-7-3-2-4-8-17)13-11-18(12-14-22)24-16-25/h2-10,18H,11-15H2,1H3,(H,23,26)/t18-,22-. The van der Waals surface area contributed by atoms with Gasteiger partial charge in [-0.3, -0.25) is 4.79 Å². The molecular formula is C22H24N2O3. The van der Waals surface area contributed by atoms with Crippen LogP contribution in [0.4, 0.5) is 0 Å². The van der Waals surface area contributed by atoms with E-state index in [1.807, 2.05) is 30.3 Å². The third-order valence-corrected chi connectivity index (χ3v) is 5.47. The van der Waals surface area contributed by atoms with Crippen molar-refractivity contribution in [3.8, 4) is 5.75 Å². The topological polar surface area (TPSA) is 67.8 Å². The normalized spacial score (nSPS) is 21.7. The summed E-state index contributed by atoms with van der Waals surface area (Å²) in [5.41, 5.74) is 1.58. The fourth-order valence-corrected chi connectivity index (χ4v) is 3.89. The van der Waals surface area contributed by atoms with Crippen molar-refractivity contribution in [3.63, 3.8) is 0 Å². The monoisotopic (exact) mass is 364 g/mol. The van der Waals surface area contributed by atoms with Gasteiger partial charge in [0.2, 0.25) is 6.08 Å². The highest BCUT2D eigenvalue weighted by Crippen LogP contribution is 2.40. The summed E-state index contributed by atoms with van der Waals surface area (Å²) in [6, 6.07) is 17.5. The number of carbonyl (C=O) groups is 1. The smallest absolute Gasteiger partial charge is 0.255 e. The maximum absolute atomic E-state index is 12.7. The third kappa shape index (κ3) is 4.26. The molecule has 0 bridgehead atoms. The van der Waals surface area contributed by atoms with Gasteiger partial charge in [-0.25, -0.2) is 9.79 Å². The third-order valence-electron chi connectivity index (χ3n) is 5.47. The van der Waals surface area contributed by atoms with E-state index in [0.717, 1.165) is 25.7 Å². The Hall–Kier alpha value is -2.91. The molecular weight excluding hydrogens is 340 g/mol. The predicted octanol–water partition coefficient (Wildman–Crippen LogP) is 3.64. The minimum Gasteiger partial charge on any atom is -0.496 e. The highest BCUT2D eigenvalue weighted by Gasteiger charge is 2.37. The molecule has 27 heavy (non-hydrogen) atoms. The number of hydrogen-bond donors (Lipinski definition) is 1. The summed E-state index contributed by atoms with van der Waals surface area (Å²) in [4.78, 5) is 27.2. The molecule has 1 N–H and O–H groups in total. The zero-order chi connectivity index (χ0) is 19.1. The van der Waals surface area contributed by atoms with Crippen LogP contribution in [0, 0.1) is 0 Å². The van der Waals surface area contributed by atoms with Crippen molar-refractivity contribution in [3.05, 3.63) is 65.7 Å². The minimum atomic E-state index is -0.159. The van der Waals surface area contributed by atoms with Crippen molar-refractivity contribution in [2.45, 2.75) is 37.1 Å². The van der Waals surface area contributed by atoms with Crippen LogP contribution in [0.5, 0.6) is 5.75 Å². The molecule has 1 saturated carbocycles. The molecule has 0 heterocycles. The van der Waals surface area contributed by atoms with E-state index in [-0.39, 0.29) is 17.4 Å². The molecule has 0 saturated heterocycles. The predicted molar refractivity (Wildman–Crippen MR) is 104 cm³/mol. The van der Waals surface area contributed by atoms with Crippen LogP contribution < -0.4 is 10.1 Å². The lowest BCUT2D eigenvalue weighted by atomic mass is 9.68. The van der Waals surface area contributed by atoms with Gasteiger partial charge in [0.05, 0.1) is 18.7 Å². The van der Waals surface area contributed by atoms with E-state index in [2.05, 4.69) is 22.4 Å². The second-order valence-corrected chi connectivity index (χ2v) is 6.98. The van der Waals surface area contributed by atoms with Gasteiger partial charge < -0.3 is 10.1 Å². The number of amides is 1. The van der Waals surface area contributed by atoms with E-state index < -0.39 is 0 Å². The van der Waals surface area contributed by atoms with Gasteiger partial charge in [-0.2, -0.15) is 0 Å². The molecule has 0 radical (unpaired) electrons. The molecule has 1 amide bonds. The maximum atomic E-state index is 12.7. The van der Waals surface area contributed by atoms with Crippen LogP contribution in [0.25, 0.3) is 0 Å². The lowest BCUT2D eigenvalue weighted by Crippen LogP contribution is -2.44. The molecule has 140 valence electrons. The number of benzene rings is 2. The van der Waals surface area contributed by atoms with Gasteiger partial charge in [0, 0.05) is 12.0 Å². The molecule has 0 aromatic heterocycles. The van der Waals surface area contributed by atoms with Gasteiger partial charge in [-0.15, -0.1) is 0 Å². The number of hydrogen-bond acceptors (Lipinski definition) is 4. The fraction of sp³-hybridized carbons (Fsp3) is 0.364.